The summed E-state index contributed by atoms with van der Waals surface area (Å²) >= 11 is 0. The van der Waals surface area contributed by atoms with Crippen LogP contribution in [0.3, 0.4) is 0 Å². The van der Waals surface area contributed by atoms with Crippen LogP contribution in [0.1, 0.15) is 29.9 Å². The van der Waals surface area contributed by atoms with Gasteiger partial charge in [0.05, 0.1) is 11.7 Å². The molecule has 0 spiro atoms. The van der Waals surface area contributed by atoms with E-state index in [1.54, 1.807) is 0 Å². The van der Waals surface area contributed by atoms with Crippen LogP contribution in [0.4, 0.5) is 14.5 Å². The summed E-state index contributed by atoms with van der Waals surface area (Å²) in [6.45, 7) is 2.11. The highest BCUT2D eigenvalue weighted by atomic mass is 127. The number of nitrogens with one attached hydrogen (secondary N) is 1. The van der Waals surface area contributed by atoms with Gasteiger partial charge in [-0.1, -0.05) is 24.3 Å². The van der Waals surface area contributed by atoms with Gasteiger partial charge in [-0.15, -0.1) is 24.0 Å². The minimum absolute atomic E-state index is 0. The van der Waals surface area contributed by atoms with Crippen LogP contribution in [0.15, 0.2) is 47.5 Å². The summed E-state index contributed by atoms with van der Waals surface area (Å²) in [6, 6.07) is 11.6. The minimum Gasteiger partial charge on any atom is -0.370 e. The molecule has 1 fully saturated rings. The number of benzene rings is 2. The molecular weight excluding hydrogens is 423 g/mol. The van der Waals surface area contributed by atoms with Crippen molar-refractivity contribution >= 4 is 35.6 Å². The van der Waals surface area contributed by atoms with E-state index in [0.29, 0.717) is 5.92 Å². The lowest BCUT2D eigenvalue weighted by Gasteiger charge is -2.34. The normalized spacial score (nSPS) is 20.0. The predicted molar refractivity (Wildman–Crippen MR) is 104 cm³/mol. The smallest absolute Gasteiger partial charge is 0.193 e. The number of aryl methyl sites for hydroxylation is 1. The molecule has 128 valence electrons. The fraction of sp³-hybridized carbons (Fsp3) is 0.278. The molecule has 0 heterocycles. The fourth-order valence-corrected chi connectivity index (χ4v) is 2.95. The molecule has 1 aliphatic carbocycles. The van der Waals surface area contributed by atoms with Crippen molar-refractivity contribution in [3.8, 4) is 0 Å². The van der Waals surface area contributed by atoms with Crippen LogP contribution in [-0.4, -0.2) is 12.0 Å². The number of aliphatic imine (C=N–C) groups is 1. The SMILES string of the molecule is Cc1ccccc1C1CC(N=C(N)Nc2cc(F)ccc2F)C1.I. The molecule has 3 nitrogen and oxygen atoms in total. The van der Waals surface area contributed by atoms with Crippen LogP contribution in [-0.2, 0) is 0 Å². The van der Waals surface area contributed by atoms with E-state index in [9.17, 15) is 8.78 Å². The Morgan fingerprint density at radius 2 is 1.88 bits per heavy atom. The molecule has 0 aliphatic heterocycles. The van der Waals surface area contributed by atoms with E-state index in [1.807, 2.05) is 12.1 Å². The van der Waals surface area contributed by atoms with E-state index < -0.39 is 11.6 Å². The molecule has 0 bridgehead atoms. The highest BCUT2D eigenvalue weighted by Crippen LogP contribution is 2.40. The summed E-state index contributed by atoms with van der Waals surface area (Å²) in [6.07, 6.45) is 1.83. The topological polar surface area (TPSA) is 50.4 Å². The Balaban J connectivity index is 0.00000208. The van der Waals surface area contributed by atoms with Crippen molar-refractivity contribution in [1.82, 2.24) is 0 Å². The van der Waals surface area contributed by atoms with Crippen LogP contribution in [0, 0.1) is 18.6 Å². The highest BCUT2D eigenvalue weighted by molar-refractivity contribution is 14.0. The number of nitrogens with two attached hydrogens (primary N) is 1. The van der Waals surface area contributed by atoms with Crippen molar-refractivity contribution in [3.05, 3.63) is 65.2 Å². The van der Waals surface area contributed by atoms with Crippen LogP contribution in [0.25, 0.3) is 0 Å². The average Bonchev–Trinajstić information content (AvgIpc) is 2.47. The lowest BCUT2D eigenvalue weighted by atomic mass is 9.75. The summed E-state index contributed by atoms with van der Waals surface area (Å²) in [5.41, 5.74) is 8.43. The van der Waals surface area contributed by atoms with E-state index in [1.165, 1.54) is 11.1 Å². The Morgan fingerprint density at radius 3 is 2.58 bits per heavy atom. The van der Waals surface area contributed by atoms with Gasteiger partial charge in [-0.2, -0.15) is 0 Å². The Bertz CT molecular complexity index is 743. The van der Waals surface area contributed by atoms with E-state index in [-0.39, 0.29) is 41.7 Å². The number of halogens is 3. The largest absolute Gasteiger partial charge is 0.370 e. The van der Waals surface area contributed by atoms with E-state index >= 15 is 0 Å². The second-order valence-electron chi connectivity index (χ2n) is 5.94. The van der Waals surface area contributed by atoms with Gasteiger partial charge in [-0.05, 0) is 48.9 Å². The van der Waals surface area contributed by atoms with Crippen molar-refractivity contribution in [3.63, 3.8) is 0 Å². The van der Waals surface area contributed by atoms with Gasteiger partial charge in [0.2, 0.25) is 0 Å². The zero-order valence-electron chi connectivity index (χ0n) is 13.3. The summed E-state index contributed by atoms with van der Waals surface area (Å²) in [5.74, 6) is -0.479. The van der Waals surface area contributed by atoms with Crippen molar-refractivity contribution in [2.45, 2.75) is 31.7 Å². The van der Waals surface area contributed by atoms with Crippen LogP contribution >= 0.6 is 24.0 Å². The Hall–Kier alpha value is -1.70. The van der Waals surface area contributed by atoms with Gasteiger partial charge >= 0.3 is 0 Å². The summed E-state index contributed by atoms with van der Waals surface area (Å²) in [5, 5.41) is 2.63. The maximum Gasteiger partial charge on any atom is 0.193 e. The number of guanidine groups is 1. The molecular formula is C18H20F2IN3. The molecule has 3 N–H and O–H groups in total. The first-order valence-electron chi connectivity index (χ1n) is 7.64. The first-order valence-corrected chi connectivity index (χ1v) is 7.64. The quantitative estimate of drug-likeness (QED) is 0.415. The zero-order valence-corrected chi connectivity index (χ0v) is 15.6. The third kappa shape index (κ3) is 4.23. The molecule has 24 heavy (non-hydrogen) atoms. The number of hydrogen-bond donors (Lipinski definition) is 2. The summed E-state index contributed by atoms with van der Waals surface area (Å²) < 4.78 is 26.7. The van der Waals surface area contributed by atoms with Crippen LogP contribution in [0.2, 0.25) is 0 Å². The molecule has 3 rings (SSSR count). The van der Waals surface area contributed by atoms with Gasteiger partial charge in [0.25, 0.3) is 0 Å². The van der Waals surface area contributed by atoms with Crippen molar-refractivity contribution in [1.29, 1.82) is 0 Å². The van der Waals surface area contributed by atoms with Gasteiger partial charge < -0.3 is 11.1 Å². The maximum absolute atomic E-state index is 13.6. The highest BCUT2D eigenvalue weighted by Gasteiger charge is 2.31. The zero-order chi connectivity index (χ0) is 16.4. The second-order valence-corrected chi connectivity index (χ2v) is 5.94. The van der Waals surface area contributed by atoms with Gasteiger partial charge in [0, 0.05) is 6.07 Å². The Labute approximate surface area is 157 Å². The average molecular weight is 443 g/mol. The Kier molecular flexibility index (Phi) is 6.15. The molecule has 0 atom stereocenters. The molecule has 0 saturated heterocycles. The number of hydrogen-bond acceptors (Lipinski definition) is 1. The van der Waals surface area contributed by atoms with Gasteiger partial charge in [-0.25, -0.2) is 13.8 Å². The molecule has 0 radical (unpaired) electrons. The molecule has 0 unspecified atom stereocenters. The third-order valence-corrected chi connectivity index (χ3v) is 4.25. The molecule has 0 amide bonds. The van der Waals surface area contributed by atoms with E-state index in [4.69, 9.17) is 5.73 Å². The maximum atomic E-state index is 13.6. The lowest BCUT2D eigenvalue weighted by Crippen LogP contribution is -2.31. The lowest BCUT2D eigenvalue weighted by molar-refractivity contribution is 0.352. The van der Waals surface area contributed by atoms with Crippen LogP contribution in [0.5, 0.6) is 0 Å². The van der Waals surface area contributed by atoms with Gasteiger partial charge in [0.15, 0.2) is 5.96 Å². The number of anilines is 1. The summed E-state index contributed by atoms with van der Waals surface area (Å²) in [7, 11) is 0. The number of rotatable bonds is 3. The third-order valence-electron chi connectivity index (χ3n) is 4.25. The molecule has 2 aromatic carbocycles. The Morgan fingerprint density at radius 1 is 1.17 bits per heavy atom. The number of nitrogens with zero attached hydrogens (tertiary/aromatic N) is 1. The van der Waals surface area contributed by atoms with E-state index in [0.717, 1.165) is 31.0 Å². The minimum atomic E-state index is -0.559. The molecule has 2 aromatic rings. The predicted octanol–water partition coefficient (Wildman–Crippen LogP) is 4.56. The monoisotopic (exact) mass is 443 g/mol. The molecule has 1 saturated carbocycles. The molecule has 1 aliphatic rings. The van der Waals surface area contributed by atoms with Crippen molar-refractivity contribution in [2.75, 3.05) is 5.32 Å². The fourth-order valence-electron chi connectivity index (χ4n) is 2.95. The van der Waals surface area contributed by atoms with Crippen molar-refractivity contribution in [2.24, 2.45) is 10.7 Å². The first-order chi connectivity index (χ1) is 11.0. The first kappa shape index (κ1) is 18.6. The standard InChI is InChI=1S/C18H19F2N3.HI/c1-11-4-2-3-5-15(11)12-8-14(9-12)22-18(21)23-17-10-13(19)6-7-16(17)20;/h2-7,10,12,14H,8-9H2,1H3,(H3,21,22,23);1H. The second kappa shape index (κ2) is 7.92. The van der Waals surface area contributed by atoms with Crippen LogP contribution < -0.4 is 11.1 Å². The molecule has 6 heteroatoms. The molecule has 0 aromatic heterocycles. The van der Waals surface area contributed by atoms with E-state index in [2.05, 4.69) is 29.4 Å². The summed E-state index contributed by atoms with van der Waals surface area (Å²) in [4.78, 5) is 4.35. The van der Waals surface area contributed by atoms with Gasteiger partial charge in [0.1, 0.15) is 11.6 Å². The van der Waals surface area contributed by atoms with Crippen molar-refractivity contribution < 1.29 is 8.78 Å². The van der Waals surface area contributed by atoms with Gasteiger partial charge in [-0.3, -0.25) is 0 Å².